The van der Waals surface area contributed by atoms with E-state index in [9.17, 15) is 37.7 Å². The van der Waals surface area contributed by atoms with Crippen molar-refractivity contribution >= 4 is 29.0 Å². The summed E-state index contributed by atoms with van der Waals surface area (Å²) in [6, 6.07) is 2.06. The molecule has 2 bridgehead atoms. The molecule has 3 saturated carbocycles. The number of nitro benzene ring substituents is 1. The van der Waals surface area contributed by atoms with Gasteiger partial charge in [0.1, 0.15) is 11.3 Å². The van der Waals surface area contributed by atoms with Crippen molar-refractivity contribution in [3.05, 3.63) is 33.9 Å². The second-order valence-corrected chi connectivity index (χ2v) is 7.13. The third-order valence-electron chi connectivity index (χ3n) is 5.81. The Morgan fingerprint density at radius 2 is 1.74 bits per heavy atom. The number of nitro groups is 1. The molecule has 0 aromatic heterocycles. The van der Waals surface area contributed by atoms with Crippen molar-refractivity contribution < 1.29 is 32.5 Å². The molecule has 7 nitrogen and oxygen atoms in total. The second kappa shape index (κ2) is 5.61. The summed E-state index contributed by atoms with van der Waals surface area (Å²) in [7, 11) is 0. The Hall–Kier alpha value is -2.78. The molecule has 3 aliphatic carbocycles. The van der Waals surface area contributed by atoms with Gasteiger partial charge in [-0.15, -0.1) is 0 Å². The molecule has 1 aromatic carbocycles. The molecule has 4 aliphatic rings. The maximum absolute atomic E-state index is 13.2. The summed E-state index contributed by atoms with van der Waals surface area (Å²) in [5.41, 5.74) is -3.04. The lowest BCUT2D eigenvalue weighted by Gasteiger charge is -2.41. The van der Waals surface area contributed by atoms with E-state index in [1.54, 1.807) is 0 Å². The van der Waals surface area contributed by atoms with Gasteiger partial charge in [0.05, 0.1) is 22.4 Å². The number of nitrogens with zero attached hydrogens (tertiary/aromatic N) is 2. The van der Waals surface area contributed by atoms with Crippen molar-refractivity contribution in [2.45, 2.75) is 25.4 Å². The molecule has 4 fully saturated rings. The molecule has 1 aliphatic heterocycles. The number of imide groups is 1. The lowest BCUT2D eigenvalue weighted by atomic mass is 9.59. The third kappa shape index (κ3) is 2.46. The van der Waals surface area contributed by atoms with Gasteiger partial charge in [0.2, 0.25) is 11.8 Å². The summed E-state index contributed by atoms with van der Waals surface area (Å²) in [4.78, 5) is 48.1. The first kappa shape index (κ1) is 17.6. The highest BCUT2D eigenvalue weighted by Gasteiger charge is 2.61. The highest BCUT2D eigenvalue weighted by molar-refractivity contribution is 6.23. The van der Waals surface area contributed by atoms with E-state index in [4.69, 9.17) is 0 Å². The largest absolute Gasteiger partial charge is 0.423 e. The number of rotatable bonds is 2. The molecule has 0 spiro atoms. The summed E-state index contributed by atoms with van der Waals surface area (Å²) in [6.45, 7) is 0. The van der Waals surface area contributed by atoms with Gasteiger partial charge in [-0.1, -0.05) is 0 Å². The lowest BCUT2D eigenvalue weighted by molar-refractivity contribution is -0.388. The SMILES string of the molecule is O=C1C[C@@H]2CC[C@H]1[C@@H]1C(=O)N(c3ccc([N+](=O)[O-])c(C(F)(F)F)c3)C(=O)[C@H]21. The predicted molar refractivity (Wildman–Crippen MR) is 83.4 cm³/mol. The van der Waals surface area contributed by atoms with E-state index in [0.29, 0.717) is 29.9 Å². The van der Waals surface area contributed by atoms with Gasteiger partial charge < -0.3 is 0 Å². The van der Waals surface area contributed by atoms with Crippen LogP contribution in [0.1, 0.15) is 24.8 Å². The fourth-order valence-electron chi connectivity index (χ4n) is 4.69. The molecule has 0 radical (unpaired) electrons. The number of hydrogen-bond donors (Lipinski definition) is 0. The van der Waals surface area contributed by atoms with E-state index in [0.717, 1.165) is 6.07 Å². The van der Waals surface area contributed by atoms with E-state index in [2.05, 4.69) is 0 Å². The fraction of sp³-hybridized carbons (Fsp3) is 0.471. The van der Waals surface area contributed by atoms with Crippen LogP contribution in [0.25, 0.3) is 0 Å². The van der Waals surface area contributed by atoms with Gasteiger partial charge in [-0.25, -0.2) is 0 Å². The van der Waals surface area contributed by atoms with Crippen LogP contribution < -0.4 is 4.90 Å². The predicted octanol–water partition coefficient (Wildman–Crippen LogP) is 2.72. The average molecular weight is 382 g/mol. The standard InChI is InChI=1S/C17H13F3N2O5/c18-17(19,20)10-6-8(2-4-11(10)22(26)27)21-15(24)13-7-1-3-9(12(23)5-7)14(13)16(21)25/h2,4,6-7,9,13-14H,1,3,5H2/t7-,9+,13+,14-/m0/s1. The van der Waals surface area contributed by atoms with Gasteiger partial charge in [0.15, 0.2) is 0 Å². The summed E-state index contributed by atoms with van der Waals surface area (Å²) >= 11 is 0. The zero-order valence-corrected chi connectivity index (χ0v) is 13.7. The number of ketones is 1. The number of anilines is 1. The summed E-state index contributed by atoms with van der Waals surface area (Å²) in [6.07, 6.45) is -3.71. The minimum absolute atomic E-state index is 0.0878. The molecule has 0 N–H and O–H groups in total. The number of Topliss-reactive ketones (excluding diaryl/α,β-unsaturated/α-hetero) is 1. The smallest absolute Gasteiger partial charge is 0.299 e. The van der Waals surface area contributed by atoms with Gasteiger partial charge in [-0.05, 0) is 30.9 Å². The molecule has 0 unspecified atom stereocenters. The lowest BCUT2D eigenvalue weighted by Crippen LogP contribution is -2.46. The van der Waals surface area contributed by atoms with Crippen LogP contribution in [-0.4, -0.2) is 22.5 Å². The van der Waals surface area contributed by atoms with Crippen molar-refractivity contribution in [3.63, 3.8) is 0 Å². The number of hydrogen-bond acceptors (Lipinski definition) is 5. The summed E-state index contributed by atoms with van der Waals surface area (Å²) in [5, 5.41) is 10.9. The molecule has 142 valence electrons. The highest BCUT2D eigenvalue weighted by Crippen LogP contribution is 2.52. The van der Waals surface area contributed by atoms with Crippen molar-refractivity contribution in [1.29, 1.82) is 0 Å². The Balaban J connectivity index is 1.78. The minimum atomic E-state index is -5.02. The third-order valence-corrected chi connectivity index (χ3v) is 5.81. The normalized spacial score (nSPS) is 30.0. The van der Waals surface area contributed by atoms with Gasteiger partial charge in [0.25, 0.3) is 5.69 Å². The van der Waals surface area contributed by atoms with Crippen molar-refractivity contribution in [1.82, 2.24) is 0 Å². The van der Waals surface area contributed by atoms with Crippen LogP contribution in [0, 0.1) is 33.8 Å². The second-order valence-electron chi connectivity index (χ2n) is 7.13. The van der Waals surface area contributed by atoms with Gasteiger partial charge in [-0.2, -0.15) is 13.2 Å². The monoisotopic (exact) mass is 382 g/mol. The summed E-state index contributed by atoms with van der Waals surface area (Å²) < 4.78 is 39.6. The number of amides is 2. The number of fused-ring (bicyclic) bond motifs is 2. The molecule has 1 heterocycles. The molecule has 10 heteroatoms. The molecular weight excluding hydrogens is 369 g/mol. The minimum Gasteiger partial charge on any atom is -0.299 e. The fourth-order valence-corrected chi connectivity index (χ4v) is 4.69. The van der Waals surface area contributed by atoms with E-state index < -0.39 is 51.9 Å². The first-order valence-electron chi connectivity index (χ1n) is 8.37. The van der Waals surface area contributed by atoms with Crippen LogP contribution in [-0.2, 0) is 20.6 Å². The first-order valence-corrected chi connectivity index (χ1v) is 8.37. The Labute approximate surface area is 150 Å². The van der Waals surface area contributed by atoms with Crippen LogP contribution in [0.5, 0.6) is 0 Å². The Kier molecular flexibility index (Phi) is 3.66. The van der Waals surface area contributed by atoms with Crippen LogP contribution >= 0.6 is 0 Å². The van der Waals surface area contributed by atoms with Crippen molar-refractivity contribution in [2.75, 3.05) is 4.90 Å². The zero-order chi connectivity index (χ0) is 19.7. The van der Waals surface area contributed by atoms with Crippen molar-refractivity contribution in [2.24, 2.45) is 23.7 Å². The number of benzene rings is 1. The van der Waals surface area contributed by atoms with E-state index in [1.807, 2.05) is 0 Å². The Morgan fingerprint density at radius 1 is 1.07 bits per heavy atom. The molecule has 4 atom stereocenters. The topological polar surface area (TPSA) is 97.6 Å². The van der Waals surface area contributed by atoms with Crippen LogP contribution in [0.4, 0.5) is 24.5 Å². The summed E-state index contributed by atoms with van der Waals surface area (Å²) in [5.74, 6) is -3.84. The van der Waals surface area contributed by atoms with E-state index in [-0.39, 0.29) is 23.8 Å². The quantitative estimate of drug-likeness (QED) is 0.445. The van der Waals surface area contributed by atoms with E-state index in [1.165, 1.54) is 0 Å². The number of alkyl halides is 3. The van der Waals surface area contributed by atoms with Crippen molar-refractivity contribution in [3.8, 4) is 0 Å². The average Bonchev–Trinajstić information content (AvgIpc) is 2.87. The molecule has 27 heavy (non-hydrogen) atoms. The molecule has 1 aromatic rings. The number of carbonyl (C=O) groups is 3. The molecular formula is C17H13F3N2O5. The van der Waals surface area contributed by atoms with Crippen LogP contribution in [0.15, 0.2) is 18.2 Å². The maximum Gasteiger partial charge on any atom is 0.423 e. The van der Waals surface area contributed by atoms with Gasteiger partial charge >= 0.3 is 6.18 Å². The van der Waals surface area contributed by atoms with Crippen LogP contribution in [0.2, 0.25) is 0 Å². The highest BCUT2D eigenvalue weighted by atomic mass is 19.4. The van der Waals surface area contributed by atoms with E-state index >= 15 is 0 Å². The van der Waals surface area contributed by atoms with Gasteiger partial charge in [-0.3, -0.25) is 29.4 Å². The Morgan fingerprint density at radius 3 is 2.33 bits per heavy atom. The Bertz CT molecular complexity index is 897. The number of halogens is 3. The van der Waals surface area contributed by atoms with Crippen LogP contribution in [0.3, 0.4) is 0 Å². The molecule has 5 rings (SSSR count). The zero-order valence-electron chi connectivity index (χ0n) is 13.7. The number of carbonyl (C=O) groups excluding carboxylic acids is 3. The molecule has 1 saturated heterocycles. The molecule has 2 amide bonds. The first-order chi connectivity index (χ1) is 12.6. The van der Waals surface area contributed by atoms with Gasteiger partial charge in [0, 0.05) is 18.4 Å². The maximum atomic E-state index is 13.2.